The minimum atomic E-state index is -5.27. The summed E-state index contributed by atoms with van der Waals surface area (Å²) < 4.78 is 31.6. The molecule has 0 spiro atoms. The molecule has 0 aliphatic heterocycles. The van der Waals surface area contributed by atoms with Gasteiger partial charge in [-0.2, -0.15) is 0 Å². The van der Waals surface area contributed by atoms with Crippen LogP contribution in [0.1, 0.15) is 0 Å². The molecule has 0 aromatic heterocycles. The van der Waals surface area contributed by atoms with Crippen molar-refractivity contribution in [3.05, 3.63) is 243 Å². The Kier molecular flexibility index (Phi) is 9.85. The van der Waals surface area contributed by atoms with Crippen LogP contribution in [0, 0.1) is 0 Å². The van der Waals surface area contributed by atoms with Gasteiger partial charge in [-0.3, -0.25) is 0 Å². The molecule has 4 nitrogen and oxygen atoms in total. The molecule has 0 heterocycles. The molecule has 0 saturated heterocycles. The predicted octanol–water partition coefficient (Wildman–Crippen LogP) is 8.66. The average Bonchev–Trinajstić information content (AvgIpc) is 3.27. The first-order chi connectivity index (χ1) is 26.9. The quantitative estimate of drug-likeness (QED) is 0.126. The van der Waals surface area contributed by atoms with Crippen molar-refractivity contribution in [2.75, 3.05) is 0 Å². The van der Waals surface area contributed by atoms with E-state index in [1.807, 2.05) is 243 Å². The SMILES string of the molecule is O=P(O)(OP(c1ccccc1)(c1ccccc1)(c1ccccc1)c1ccccc1)OP(c1ccccc1)(c1ccccc1)(c1ccccc1)c1ccccc1. The molecule has 0 aliphatic carbocycles. The van der Waals surface area contributed by atoms with Crippen molar-refractivity contribution in [1.29, 1.82) is 0 Å². The summed E-state index contributed by atoms with van der Waals surface area (Å²) in [6.07, 6.45) is 0. The molecule has 0 amide bonds. The molecule has 8 rings (SSSR count). The van der Waals surface area contributed by atoms with E-state index < -0.39 is 21.5 Å². The maximum atomic E-state index is 16.4. The van der Waals surface area contributed by atoms with Gasteiger partial charge >= 0.3 is 325 Å². The second kappa shape index (κ2) is 14.8. The Labute approximate surface area is 323 Å². The average molecular weight is 775 g/mol. The van der Waals surface area contributed by atoms with Crippen LogP contribution < -0.4 is 42.4 Å². The van der Waals surface area contributed by atoms with E-state index in [9.17, 15) is 4.89 Å². The van der Waals surface area contributed by atoms with E-state index in [0.717, 1.165) is 42.4 Å². The van der Waals surface area contributed by atoms with Crippen molar-refractivity contribution >= 4 is 63.9 Å². The number of hydrogen-bond donors (Lipinski definition) is 1. The fourth-order valence-electron chi connectivity index (χ4n) is 8.29. The molecule has 8 aromatic rings. The van der Waals surface area contributed by atoms with Crippen LogP contribution in [0.4, 0.5) is 0 Å². The summed E-state index contributed by atoms with van der Waals surface area (Å²) in [7, 11) is -5.27. The molecular weight excluding hydrogens is 733 g/mol. The third kappa shape index (κ3) is 5.69. The molecule has 0 atom stereocenters. The first kappa shape index (κ1) is 36.7. The summed E-state index contributed by atoms with van der Waals surface area (Å²) in [6, 6.07) is 79.1. The van der Waals surface area contributed by atoms with Crippen molar-refractivity contribution < 1.29 is 18.1 Å². The summed E-state index contributed by atoms with van der Waals surface area (Å²) in [5.74, 6) is 0. The van der Waals surface area contributed by atoms with Crippen LogP contribution in [-0.4, -0.2) is 4.89 Å². The van der Waals surface area contributed by atoms with Gasteiger partial charge in [0.1, 0.15) is 0 Å². The molecule has 0 radical (unpaired) electrons. The molecule has 55 heavy (non-hydrogen) atoms. The van der Waals surface area contributed by atoms with Crippen LogP contribution >= 0.6 is 21.5 Å². The van der Waals surface area contributed by atoms with Gasteiger partial charge in [-0.15, -0.1) is 0 Å². The molecular formula is C48H41O4P3. The number of rotatable bonds is 12. The van der Waals surface area contributed by atoms with E-state index in [2.05, 4.69) is 0 Å². The summed E-state index contributed by atoms with van der Waals surface area (Å²) in [5, 5.41) is 6.07. The zero-order chi connectivity index (χ0) is 37.7. The Morgan fingerprint density at radius 3 is 0.527 bits per heavy atom. The van der Waals surface area contributed by atoms with Crippen LogP contribution in [0.25, 0.3) is 0 Å². The predicted molar refractivity (Wildman–Crippen MR) is 234 cm³/mol. The molecule has 0 aliphatic rings. The Balaban J connectivity index is 1.56. The fraction of sp³-hybridized carbons (Fsp3) is 0. The van der Waals surface area contributed by atoms with E-state index in [1.54, 1.807) is 0 Å². The van der Waals surface area contributed by atoms with E-state index in [4.69, 9.17) is 8.62 Å². The van der Waals surface area contributed by atoms with Crippen LogP contribution in [0.3, 0.4) is 0 Å². The minimum absolute atomic E-state index is 0.758. The molecule has 7 heteroatoms. The summed E-state index contributed by atoms with van der Waals surface area (Å²) in [4.78, 5) is 13.4. The summed E-state index contributed by atoms with van der Waals surface area (Å²) in [5.41, 5.74) is 0. The zero-order valence-electron chi connectivity index (χ0n) is 30.1. The van der Waals surface area contributed by atoms with Crippen molar-refractivity contribution in [2.24, 2.45) is 0 Å². The second-order valence-electron chi connectivity index (χ2n) is 13.4. The molecule has 272 valence electrons. The Morgan fingerprint density at radius 2 is 0.400 bits per heavy atom. The van der Waals surface area contributed by atoms with Gasteiger partial charge in [0.2, 0.25) is 0 Å². The molecule has 0 saturated carbocycles. The number of hydrogen-bond acceptors (Lipinski definition) is 3. The Hall–Kier alpha value is -5.27. The van der Waals surface area contributed by atoms with Crippen molar-refractivity contribution in [2.45, 2.75) is 0 Å². The molecule has 0 bridgehead atoms. The van der Waals surface area contributed by atoms with E-state index >= 15 is 4.57 Å². The fourth-order valence-corrected chi connectivity index (χ4v) is 24.5. The third-order valence-corrected chi connectivity index (χ3v) is 25.1. The Morgan fingerprint density at radius 1 is 0.273 bits per heavy atom. The number of phosphoric acid groups is 1. The van der Waals surface area contributed by atoms with Crippen LogP contribution in [0.2, 0.25) is 0 Å². The first-order valence-electron chi connectivity index (χ1n) is 18.2. The molecule has 1 N–H and O–H groups in total. The normalized spacial score (nSPS) is 14.3. The molecule has 0 unspecified atom stereocenters. The van der Waals surface area contributed by atoms with Crippen molar-refractivity contribution in [1.82, 2.24) is 0 Å². The van der Waals surface area contributed by atoms with Gasteiger partial charge in [-0.25, -0.2) is 0 Å². The van der Waals surface area contributed by atoms with Crippen LogP contribution in [-0.2, 0) is 13.2 Å². The molecule has 0 fully saturated rings. The van der Waals surface area contributed by atoms with E-state index in [0.29, 0.717) is 0 Å². The van der Waals surface area contributed by atoms with Gasteiger partial charge in [-0.05, 0) is 0 Å². The van der Waals surface area contributed by atoms with Gasteiger partial charge in [0.15, 0.2) is 0 Å². The van der Waals surface area contributed by atoms with E-state index in [1.165, 1.54) is 0 Å². The van der Waals surface area contributed by atoms with E-state index in [-0.39, 0.29) is 0 Å². The van der Waals surface area contributed by atoms with Crippen LogP contribution in [0.15, 0.2) is 243 Å². The molecule has 8 aromatic carbocycles. The summed E-state index contributed by atoms with van der Waals surface area (Å²) in [6.45, 7) is -9.38. The van der Waals surface area contributed by atoms with Gasteiger partial charge in [-0.1, -0.05) is 0 Å². The number of benzene rings is 8. The maximum absolute atomic E-state index is 16.4. The third-order valence-electron chi connectivity index (χ3n) is 10.5. The van der Waals surface area contributed by atoms with Crippen molar-refractivity contribution in [3.63, 3.8) is 0 Å². The second-order valence-corrected chi connectivity index (χ2v) is 23.9. The summed E-state index contributed by atoms with van der Waals surface area (Å²) >= 11 is 0. The first-order valence-corrected chi connectivity index (χ1v) is 24.0. The van der Waals surface area contributed by atoms with Gasteiger partial charge in [0.05, 0.1) is 0 Å². The van der Waals surface area contributed by atoms with Gasteiger partial charge < -0.3 is 0 Å². The van der Waals surface area contributed by atoms with Gasteiger partial charge in [0, 0.05) is 0 Å². The Bertz CT molecular complexity index is 2010. The van der Waals surface area contributed by atoms with Crippen LogP contribution in [0.5, 0.6) is 0 Å². The zero-order valence-corrected chi connectivity index (χ0v) is 32.8. The monoisotopic (exact) mass is 774 g/mol. The standard InChI is InChI=1S/C48H41O4P3/c49-53(50,51-54(41-25-9-1-10-26-41,42-27-11-2-12-28-42,43-29-13-3-14-30-43)44-31-15-4-16-32-44)52-55(45-33-17-5-18-34-45,46-35-19-6-20-36-46,47-37-21-7-22-38-47)48-39-23-8-24-40-48/h1-40H,(H,49,50). The van der Waals surface area contributed by atoms with Gasteiger partial charge in [0.25, 0.3) is 0 Å². The van der Waals surface area contributed by atoms with Crippen molar-refractivity contribution in [3.8, 4) is 0 Å². The topological polar surface area (TPSA) is 55.8 Å².